The Kier molecular flexibility index (Phi) is 5.02. The van der Waals surface area contributed by atoms with E-state index in [2.05, 4.69) is 27.2 Å². The first-order valence-corrected chi connectivity index (χ1v) is 6.22. The van der Waals surface area contributed by atoms with Gasteiger partial charge in [0.2, 0.25) is 5.91 Å². The third-order valence-corrected chi connectivity index (χ3v) is 2.92. The Labute approximate surface area is 115 Å². The molecule has 1 aliphatic rings. The summed E-state index contributed by atoms with van der Waals surface area (Å²) in [5.74, 6) is -1.52. The molecule has 0 bridgehead atoms. The van der Waals surface area contributed by atoms with Gasteiger partial charge in [0.05, 0.1) is 6.42 Å². The second-order valence-electron chi connectivity index (χ2n) is 4.45. The van der Waals surface area contributed by atoms with Gasteiger partial charge in [-0.3, -0.25) is 9.59 Å². The molecule has 2 rings (SSSR count). The zero-order chi connectivity index (χ0) is 14.4. The lowest BCUT2D eigenvalue weighted by molar-refractivity contribution is -0.137. The van der Waals surface area contributed by atoms with Crippen molar-refractivity contribution in [1.29, 1.82) is 0 Å². The van der Waals surface area contributed by atoms with Gasteiger partial charge in [0.1, 0.15) is 0 Å². The van der Waals surface area contributed by atoms with Gasteiger partial charge in [-0.2, -0.15) is 11.1 Å². The smallest absolute Gasteiger partial charge is 0.303 e. The van der Waals surface area contributed by atoms with E-state index in [1.54, 1.807) is 0 Å². The SMILES string of the molecule is O=C(O)CC(CC(=O)NC1NNNN1)c1ccccc1. The number of aliphatic carboxylic acids is 1. The van der Waals surface area contributed by atoms with Crippen molar-refractivity contribution in [2.24, 2.45) is 0 Å². The number of hydrogen-bond donors (Lipinski definition) is 6. The summed E-state index contributed by atoms with van der Waals surface area (Å²) >= 11 is 0. The van der Waals surface area contributed by atoms with Crippen LogP contribution in [-0.2, 0) is 9.59 Å². The molecule has 1 atom stereocenters. The van der Waals surface area contributed by atoms with Crippen molar-refractivity contribution >= 4 is 11.9 Å². The number of carboxylic acids is 1. The molecule has 0 radical (unpaired) electrons. The number of rotatable bonds is 6. The molecule has 1 saturated heterocycles. The maximum Gasteiger partial charge on any atom is 0.303 e. The normalized spacial score (nSPS) is 16.8. The topological polar surface area (TPSA) is 115 Å². The second kappa shape index (κ2) is 6.96. The number of benzene rings is 1. The van der Waals surface area contributed by atoms with Crippen molar-refractivity contribution < 1.29 is 14.7 Å². The number of hydrogen-bond acceptors (Lipinski definition) is 6. The summed E-state index contributed by atoms with van der Waals surface area (Å²) in [6.45, 7) is 0. The molecule has 1 fully saturated rings. The van der Waals surface area contributed by atoms with E-state index in [-0.39, 0.29) is 24.7 Å². The fourth-order valence-electron chi connectivity index (χ4n) is 2.01. The van der Waals surface area contributed by atoms with Gasteiger partial charge >= 0.3 is 5.97 Å². The fourth-order valence-corrected chi connectivity index (χ4v) is 2.01. The van der Waals surface area contributed by atoms with Gasteiger partial charge in [0, 0.05) is 12.3 Å². The maximum absolute atomic E-state index is 11.9. The van der Waals surface area contributed by atoms with Crippen LogP contribution < -0.4 is 27.2 Å². The van der Waals surface area contributed by atoms with E-state index in [0.717, 1.165) is 5.56 Å². The molecule has 6 N–H and O–H groups in total. The third-order valence-electron chi connectivity index (χ3n) is 2.92. The van der Waals surface area contributed by atoms with Crippen LogP contribution in [0.25, 0.3) is 0 Å². The third kappa shape index (κ3) is 4.28. The molecule has 20 heavy (non-hydrogen) atoms. The Balaban J connectivity index is 1.96. The van der Waals surface area contributed by atoms with Gasteiger partial charge < -0.3 is 10.4 Å². The molecule has 1 aromatic rings. The van der Waals surface area contributed by atoms with Crippen LogP contribution in [-0.4, -0.2) is 23.3 Å². The summed E-state index contributed by atoms with van der Waals surface area (Å²) in [5, 5.41) is 11.6. The zero-order valence-corrected chi connectivity index (χ0v) is 10.7. The minimum absolute atomic E-state index is 0.0839. The van der Waals surface area contributed by atoms with E-state index in [0.29, 0.717) is 0 Å². The monoisotopic (exact) mass is 279 g/mol. The summed E-state index contributed by atoms with van der Waals surface area (Å²) in [4.78, 5) is 22.9. The van der Waals surface area contributed by atoms with Crippen LogP contribution in [0.15, 0.2) is 30.3 Å². The summed E-state index contributed by atoms with van der Waals surface area (Å²) in [6.07, 6.45) is -0.418. The van der Waals surface area contributed by atoms with Crippen molar-refractivity contribution in [3.8, 4) is 0 Å². The fraction of sp³-hybridized carbons (Fsp3) is 0.333. The number of nitrogens with one attached hydrogen (secondary N) is 5. The van der Waals surface area contributed by atoms with Crippen molar-refractivity contribution in [2.45, 2.75) is 25.0 Å². The van der Waals surface area contributed by atoms with Gasteiger partial charge in [0.25, 0.3) is 0 Å². The van der Waals surface area contributed by atoms with Crippen LogP contribution in [0.3, 0.4) is 0 Å². The van der Waals surface area contributed by atoms with E-state index < -0.39 is 12.3 Å². The van der Waals surface area contributed by atoms with Crippen molar-refractivity contribution in [2.75, 3.05) is 0 Å². The molecule has 0 aromatic heterocycles. The highest BCUT2D eigenvalue weighted by Crippen LogP contribution is 2.23. The molecule has 0 aliphatic carbocycles. The van der Waals surface area contributed by atoms with Crippen LogP contribution in [0.2, 0.25) is 0 Å². The molecule has 8 heteroatoms. The van der Waals surface area contributed by atoms with Crippen LogP contribution in [0.5, 0.6) is 0 Å². The quantitative estimate of drug-likeness (QED) is 0.402. The van der Waals surface area contributed by atoms with Crippen LogP contribution in [0, 0.1) is 0 Å². The van der Waals surface area contributed by atoms with E-state index in [9.17, 15) is 9.59 Å². The van der Waals surface area contributed by atoms with Crippen LogP contribution >= 0.6 is 0 Å². The molecule has 1 unspecified atom stereocenters. The van der Waals surface area contributed by atoms with Gasteiger partial charge in [-0.05, 0) is 5.56 Å². The van der Waals surface area contributed by atoms with E-state index in [4.69, 9.17) is 5.11 Å². The van der Waals surface area contributed by atoms with Crippen LogP contribution in [0.4, 0.5) is 0 Å². The van der Waals surface area contributed by atoms with E-state index in [1.165, 1.54) is 0 Å². The summed E-state index contributed by atoms with van der Waals surface area (Å²) in [6, 6.07) is 9.17. The first-order valence-electron chi connectivity index (χ1n) is 6.22. The molecule has 0 saturated carbocycles. The minimum Gasteiger partial charge on any atom is -0.481 e. The molecular formula is C12H17N5O3. The van der Waals surface area contributed by atoms with E-state index >= 15 is 0 Å². The summed E-state index contributed by atoms with van der Waals surface area (Å²) < 4.78 is 0. The Bertz CT molecular complexity index is 461. The lowest BCUT2D eigenvalue weighted by atomic mass is 9.92. The highest BCUT2D eigenvalue weighted by molar-refractivity contribution is 5.78. The Morgan fingerprint density at radius 2 is 1.80 bits per heavy atom. The Morgan fingerprint density at radius 3 is 2.40 bits per heavy atom. The molecule has 108 valence electrons. The molecule has 1 heterocycles. The first kappa shape index (κ1) is 14.4. The predicted molar refractivity (Wildman–Crippen MR) is 70.5 cm³/mol. The summed E-state index contributed by atoms with van der Waals surface area (Å²) in [5.41, 5.74) is 11.4. The maximum atomic E-state index is 11.9. The van der Waals surface area contributed by atoms with Gasteiger partial charge in [0.15, 0.2) is 6.29 Å². The molecule has 8 nitrogen and oxygen atoms in total. The number of carbonyl (C=O) groups excluding carboxylic acids is 1. The van der Waals surface area contributed by atoms with Crippen LogP contribution in [0.1, 0.15) is 24.3 Å². The average molecular weight is 279 g/mol. The van der Waals surface area contributed by atoms with Crippen molar-refractivity contribution in [3.63, 3.8) is 0 Å². The molecule has 1 aromatic carbocycles. The number of carbonyl (C=O) groups is 2. The molecular weight excluding hydrogens is 262 g/mol. The standard InChI is InChI=1S/C12H17N5O3/c18-10(13-12-14-16-17-15-12)6-9(7-11(19)20)8-4-2-1-3-5-8/h1-5,9,12,14-17H,6-7H2,(H,13,18)(H,19,20). The van der Waals surface area contributed by atoms with Crippen molar-refractivity contribution in [1.82, 2.24) is 27.2 Å². The first-order chi connectivity index (χ1) is 9.65. The number of carboxylic acid groups (broad SMARTS) is 1. The largest absolute Gasteiger partial charge is 0.481 e. The predicted octanol–water partition coefficient (Wildman–Crippen LogP) is -0.848. The average Bonchev–Trinajstić information content (AvgIpc) is 2.91. The van der Waals surface area contributed by atoms with Crippen molar-refractivity contribution in [3.05, 3.63) is 35.9 Å². The van der Waals surface area contributed by atoms with Gasteiger partial charge in [-0.1, -0.05) is 30.3 Å². The molecule has 1 aliphatic heterocycles. The number of amides is 1. The minimum atomic E-state index is -0.924. The lowest BCUT2D eigenvalue weighted by Gasteiger charge is -2.17. The Hall–Kier alpha value is -2.00. The summed E-state index contributed by atoms with van der Waals surface area (Å²) in [7, 11) is 0. The number of hydrazine groups is 3. The van der Waals surface area contributed by atoms with Gasteiger partial charge in [-0.15, -0.1) is 0 Å². The van der Waals surface area contributed by atoms with Gasteiger partial charge in [-0.25, -0.2) is 10.9 Å². The molecule has 1 amide bonds. The highest BCUT2D eigenvalue weighted by atomic mass is 16.4. The second-order valence-corrected chi connectivity index (χ2v) is 4.45. The Morgan fingerprint density at radius 1 is 1.15 bits per heavy atom. The highest BCUT2D eigenvalue weighted by Gasteiger charge is 2.21. The lowest BCUT2D eigenvalue weighted by Crippen LogP contribution is -2.49. The zero-order valence-electron chi connectivity index (χ0n) is 10.7. The van der Waals surface area contributed by atoms with E-state index in [1.807, 2.05) is 30.3 Å². The molecule has 0 spiro atoms.